The van der Waals surface area contributed by atoms with E-state index in [2.05, 4.69) is 46.6 Å². The quantitative estimate of drug-likeness (QED) is 0.418. The number of hydrogen-bond acceptors (Lipinski definition) is 7. The Balaban J connectivity index is 1.42. The van der Waals surface area contributed by atoms with Gasteiger partial charge in [0.25, 0.3) is 11.5 Å². The van der Waals surface area contributed by atoms with Gasteiger partial charge in [-0.3, -0.25) is 14.4 Å². The third-order valence-corrected chi connectivity index (χ3v) is 6.16. The SMILES string of the molecule is CC(C)(C)CCNC(=O)Cc1cccc(-c2cc(Nc3ccc(C(=O)N4CCOCC4)cn3)c(=O)[nH]n2)c1. The van der Waals surface area contributed by atoms with Crippen molar-refractivity contribution in [3.63, 3.8) is 0 Å². The van der Waals surface area contributed by atoms with Gasteiger partial charge in [0.2, 0.25) is 5.91 Å². The van der Waals surface area contributed by atoms with Crippen LogP contribution in [0.3, 0.4) is 0 Å². The molecule has 1 fully saturated rings. The monoisotopic (exact) mass is 518 g/mol. The number of nitrogens with zero attached hydrogens (tertiary/aromatic N) is 3. The summed E-state index contributed by atoms with van der Waals surface area (Å²) >= 11 is 0. The van der Waals surface area contributed by atoms with Crippen molar-refractivity contribution >= 4 is 23.3 Å². The molecule has 1 aliphatic heterocycles. The lowest BCUT2D eigenvalue weighted by atomic mass is 9.92. The van der Waals surface area contributed by atoms with Gasteiger partial charge in [-0.05, 0) is 41.7 Å². The summed E-state index contributed by atoms with van der Waals surface area (Å²) in [6, 6.07) is 12.5. The van der Waals surface area contributed by atoms with Gasteiger partial charge in [0.1, 0.15) is 11.5 Å². The molecule has 1 aliphatic rings. The van der Waals surface area contributed by atoms with E-state index in [0.717, 1.165) is 17.5 Å². The van der Waals surface area contributed by atoms with Crippen molar-refractivity contribution in [2.24, 2.45) is 5.41 Å². The molecule has 4 rings (SSSR count). The summed E-state index contributed by atoms with van der Waals surface area (Å²) in [4.78, 5) is 43.5. The van der Waals surface area contributed by atoms with Crippen molar-refractivity contribution in [1.29, 1.82) is 0 Å². The number of aromatic nitrogens is 3. The van der Waals surface area contributed by atoms with Crippen molar-refractivity contribution in [2.45, 2.75) is 33.6 Å². The number of hydrogen-bond donors (Lipinski definition) is 3. The molecule has 0 aliphatic carbocycles. The normalized spacial score (nSPS) is 13.7. The molecule has 0 radical (unpaired) electrons. The van der Waals surface area contributed by atoms with Crippen LogP contribution < -0.4 is 16.2 Å². The van der Waals surface area contributed by atoms with E-state index in [9.17, 15) is 14.4 Å². The van der Waals surface area contributed by atoms with Gasteiger partial charge in [-0.25, -0.2) is 10.1 Å². The first-order valence-electron chi connectivity index (χ1n) is 12.7. The number of morpholine rings is 1. The molecule has 3 aromatic rings. The number of rotatable bonds is 8. The van der Waals surface area contributed by atoms with Crippen molar-refractivity contribution in [2.75, 3.05) is 38.2 Å². The minimum Gasteiger partial charge on any atom is -0.378 e. The Morgan fingerprint density at radius 1 is 1.11 bits per heavy atom. The van der Waals surface area contributed by atoms with E-state index in [1.807, 2.05) is 24.3 Å². The van der Waals surface area contributed by atoms with Gasteiger partial charge in [0.15, 0.2) is 0 Å². The molecular formula is C28H34N6O4. The smallest absolute Gasteiger partial charge is 0.287 e. The van der Waals surface area contributed by atoms with Crippen LogP contribution in [0.15, 0.2) is 53.5 Å². The fourth-order valence-electron chi connectivity index (χ4n) is 3.99. The summed E-state index contributed by atoms with van der Waals surface area (Å²) in [7, 11) is 0. The van der Waals surface area contributed by atoms with Crippen LogP contribution in [-0.2, 0) is 16.0 Å². The topological polar surface area (TPSA) is 129 Å². The Bertz CT molecular complexity index is 1320. The van der Waals surface area contributed by atoms with Crippen LogP contribution in [0.2, 0.25) is 0 Å². The Labute approximate surface area is 221 Å². The van der Waals surface area contributed by atoms with Gasteiger partial charge in [-0.15, -0.1) is 0 Å². The van der Waals surface area contributed by atoms with Crippen LogP contribution in [-0.4, -0.2) is 64.7 Å². The predicted molar refractivity (Wildman–Crippen MR) is 145 cm³/mol. The van der Waals surface area contributed by atoms with Gasteiger partial charge < -0.3 is 20.3 Å². The second kappa shape index (κ2) is 12.0. The van der Waals surface area contributed by atoms with Crippen LogP contribution in [0, 0.1) is 5.41 Å². The fourth-order valence-corrected chi connectivity index (χ4v) is 3.99. The third-order valence-electron chi connectivity index (χ3n) is 6.16. The first-order chi connectivity index (χ1) is 18.2. The number of pyridine rings is 1. The maximum absolute atomic E-state index is 12.6. The van der Waals surface area contributed by atoms with Gasteiger partial charge in [-0.2, -0.15) is 5.10 Å². The Morgan fingerprint density at radius 3 is 2.61 bits per heavy atom. The molecule has 0 bridgehead atoms. The number of ether oxygens (including phenoxy) is 1. The molecule has 1 saturated heterocycles. The summed E-state index contributed by atoms with van der Waals surface area (Å²) in [5.74, 6) is 0.288. The maximum atomic E-state index is 12.6. The van der Waals surface area contributed by atoms with Crippen molar-refractivity contribution < 1.29 is 14.3 Å². The van der Waals surface area contributed by atoms with Gasteiger partial charge in [0, 0.05) is 31.4 Å². The number of carbonyl (C=O) groups is 2. The molecule has 10 heteroatoms. The molecule has 2 aromatic heterocycles. The molecule has 0 unspecified atom stereocenters. The Hall–Kier alpha value is -4.05. The van der Waals surface area contributed by atoms with E-state index in [0.29, 0.717) is 49.9 Å². The lowest BCUT2D eigenvalue weighted by Crippen LogP contribution is -2.40. The zero-order valence-corrected chi connectivity index (χ0v) is 22.0. The number of benzene rings is 1. The van der Waals surface area contributed by atoms with Gasteiger partial charge in [-0.1, -0.05) is 39.0 Å². The largest absolute Gasteiger partial charge is 0.378 e. The number of nitrogens with one attached hydrogen (secondary N) is 3. The first kappa shape index (κ1) is 27.0. The number of H-pyrrole nitrogens is 1. The highest BCUT2D eigenvalue weighted by Crippen LogP contribution is 2.21. The number of aromatic amines is 1. The second-order valence-corrected chi connectivity index (χ2v) is 10.5. The van der Waals surface area contributed by atoms with E-state index in [1.54, 1.807) is 23.1 Å². The Kier molecular flexibility index (Phi) is 8.52. The lowest BCUT2D eigenvalue weighted by Gasteiger charge is -2.26. The van der Waals surface area contributed by atoms with E-state index in [1.165, 1.54) is 6.20 Å². The van der Waals surface area contributed by atoms with E-state index in [-0.39, 0.29) is 29.3 Å². The van der Waals surface area contributed by atoms with Crippen LogP contribution in [0.5, 0.6) is 0 Å². The average molecular weight is 519 g/mol. The van der Waals surface area contributed by atoms with Crippen LogP contribution >= 0.6 is 0 Å². The molecule has 0 atom stereocenters. The Morgan fingerprint density at radius 2 is 1.89 bits per heavy atom. The maximum Gasteiger partial charge on any atom is 0.287 e. The molecule has 3 heterocycles. The fraction of sp³-hybridized carbons (Fsp3) is 0.393. The molecule has 2 amide bonds. The minimum atomic E-state index is -0.404. The standard InChI is InChI=1S/C28H34N6O4/c1-28(2,3)9-10-29-25(35)16-19-5-4-6-20(15-19)22-17-23(26(36)33-32-22)31-24-8-7-21(18-30-24)27(37)34-11-13-38-14-12-34/h4-8,15,17-18H,9-14,16H2,1-3H3,(H,29,35)(H,33,36)(H,30,31,32). The van der Waals surface area contributed by atoms with Crippen LogP contribution in [0.1, 0.15) is 43.1 Å². The van der Waals surface area contributed by atoms with E-state index < -0.39 is 5.56 Å². The molecule has 10 nitrogen and oxygen atoms in total. The highest BCUT2D eigenvalue weighted by molar-refractivity contribution is 5.94. The number of amides is 2. The molecule has 200 valence electrons. The zero-order chi connectivity index (χ0) is 27.1. The summed E-state index contributed by atoms with van der Waals surface area (Å²) in [5, 5.41) is 12.7. The first-order valence-corrected chi connectivity index (χ1v) is 12.7. The molecule has 38 heavy (non-hydrogen) atoms. The molecule has 0 spiro atoms. The molecule has 0 saturated carbocycles. The van der Waals surface area contributed by atoms with E-state index >= 15 is 0 Å². The summed E-state index contributed by atoms with van der Waals surface area (Å²) in [6.45, 7) is 9.22. The highest BCUT2D eigenvalue weighted by Gasteiger charge is 2.19. The predicted octanol–water partition coefficient (Wildman–Crippen LogP) is 3.14. The summed E-state index contributed by atoms with van der Waals surface area (Å²) in [5.41, 5.74) is 2.65. The third kappa shape index (κ3) is 7.48. The number of carbonyl (C=O) groups excluding carboxylic acids is 2. The summed E-state index contributed by atoms with van der Waals surface area (Å²) < 4.78 is 5.30. The van der Waals surface area contributed by atoms with Crippen molar-refractivity contribution in [1.82, 2.24) is 25.4 Å². The lowest BCUT2D eigenvalue weighted by molar-refractivity contribution is -0.120. The van der Waals surface area contributed by atoms with Gasteiger partial charge >= 0.3 is 0 Å². The molecule has 3 N–H and O–H groups in total. The van der Waals surface area contributed by atoms with Crippen molar-refractivity contribution in [3.05, 3.63) is 70.1 Å². The number of anilines is 2. The minimum absolute atomic E-state index is 0.0372. The zero-order valence-electron chi connectivity index (χ0n) is 22.0. The van der Waals surface area contributed by atoms with Crippen LogP contribution in [0.4, 0.5) is 11.5 Å². The summed E-state index contributed by atoms with van der Waals surface area (Å²) in [6.07, 6.45) is 2.65. The molecule has 1 aromatic carbocycles. The van der Waals surface area contributed by atoms with E-state index in [4.69, 9.17) is 4.74 Å². The van der Waals surface area contributed by atoms with Gasteiger partial charge in [0.05, 0.1) is 30.9 Å². The van der Waals surface area contributed by atoms with Crippen molar-refractivity contribution in [3.8, 4) is 11.3 Å². The highest BCUT2D eigenvalue weighted by atomic mass is 16.5. The molecular weight excluding hydrogens is 484 g/mol. The van der Waals surface area contributed by atoms with Crippen LogP contribution in [0.25, 0.3) is 11.3 Å². The average Bonchev–Trinajstić information content (AvgIpc) is 2.90. The second-order valence-electron chi connectivity index (χ2n) is 10.5.